The van der Waals surface area contributed by atoms with Gasteiger partial charge in [-0.1, -0.05) is 31.1 Å². The predicted molar refractivity (Wildman–Crippen MR) is 115 cm³/mol. The number of hydrogen-bond acceptors (Lipinski definition) is 6. The molecule has 0 saturated carbocycles. The van der Waals surface area contributed by atoms with Gasteiger partial charge in [0, 0.05) is 38.3 Å². The van der Waals surface area contributed by atoms with E-state index in [-0.39, 0.29) is 24.1 Å². The zero-order valence-electron chi connectivity index (χ0n) is 17.8. The van der Waals surface area contributed by atoms with Gasteiger partial charge in [0.2, 0.25) is 5.91 Å². The van der Waals surface area contributed by atoms with Crippen LogP contribution in [-0.2, 0) is 11.2 Å². The largest absolute Gasteiger partial charge is 0.354 e. The molecule has 1 fully saturated rings. The number of halogens is 1. The highest BCUT2D eigenvalue weighted by molar-refractivity contribution is 5.79. The summed E-state index contributed by atoms with van der Waals surface area (Å²) in [5.41, 5.74) is 1.48. The van der Waals surface area contributed by atoms with Gasteiger partial charge in [-0.3, -0.25) is 4.79 Å². The minimum Gasteiger partial charge on any atom is -0.354 e. The van der Waals surface area contributed by atoms with Crippen LogP contribution < -0.4 is 4.90 Å². The molecule has 1 amide bonds. The molecule has 1 aliphatic rings. The summed E-state index contributed by atoms with van der Waals surface area (Å²) in [7, 11) is 0. The summed E-state index contributed by atoms with van der Waals surface area (Å²) in [5.74, 6) is 1.75. The lowest BCUT2D eigenvalue weighted by Crippen LogP contribution is -2.36. The van der Waals surface area contributed by atoms with Crippen LogP contribution in [0.25, 0.3) is 11.5 Å². The minimum absolute atomic E-state index is 0.00664. The predicted octanol–water partition coefficient (Wildman–Crippen LogP) is 3.68. The van der Waals surface area contributed by atoms with Crippen molar-refractivity contribution in [3.05, 3.63) is 59.8 Å². The van der Waals surface area contributed by atoms with Gasteiger partial charge in [0.05, 0.1) is 12.0 Å². The molecule has 2 aromatic heterocycles. The van der Waals surface area contributed by atoms with E-state index in [2.05, 4.69) is 20.0 Å². The number of carbonyl (C=O) groups excluding carboxylic acids is 1. The van der Waals surface area contributed by atoms with Gasteiger partial charge in [0.15, 0.2) is 5.82 Å². The van der Waals surface area contributed by atoms with E-state index in [1.54, 1.807) is 18.3 Å². The van der Waals surface area contributed by atoms with Crippen LogP contribution in [0, 0.1) is 5.82 Å². The zero-order valence-corrected chi connectivity index (χ0v) is 17.8. The van der Waals surface area contributed by atoms with Crippen molar-refractivity contribution in [2.24, 2.45) is 0 Å². The van der Waals surface area contributed by atoms with Gasteiger partial charge in [-0.05, 0) is 36.2 Å². The topological polar surface area (TPSA) is 75.4 Å². The summed E-state index contributed by atoms with van der Waals surface area (Å²) in [6.07, 6.45) is 2.76. The maximum absolute atomic E-state index is 13.4. The molecule has 0 N–H and O–H groups in total. The number of amides is 1. The summed E-state index contributed by atoms with van der Waals surface area (Å²) in [6, 6.07) is 9.99. The number of pyridine rings is 1. The third kappa shape index (κ3) is 4.90. The van der Waals surface area contributed by atoms with Gasteiger partial charge in [0.25, 0.3) is 5.89 Å². The highest BCUT2D eigenvalue weighted by atomic mass is 19.1. The molecule has 7 nitrogen and oxygen atoms in total. The van der Waals surface area contributed by atoms with Crippen molar-refractivity contribution in [1.82, 2.24) is 20.0 Å². The summed E-state index contributed by atoms with van der Waals surface area (Å²) in [5, 5.41) is 4.07. The number of benzene rings is 1. The molecule has 1 saturated heterocycles. The van der Waals surface area contributed by atoms with Crippen LogP contribution in [0.3, 0.4) is 0 Å². The number of nitrogens with zero attached hydrogens (tertiary/aromatic N) is 5. The molecule has 3 heterocycles. The molecule has 4 rings (SSSR count). The fourth-order valence-corrected chi connectivity index (χ4v) is 3.71. The monoisotopic (exact) mass is 423 g/mol. The molecule has 0 bridgehead atoms. The molecule has 0 spiro atoms. The molecule has 1 aliphatic heterocycles. The molecule has 0 aliphatic carbocycles. The van der Waals surface area contributed by atoms with E-state index in [0.717, 1.165) is 24.3 Å². The average molecular weight is 423 g/mol. The van der Waals surface area contributed by atoms with Crippen LogP contribution >= 0.6 is 0 Å². The van der Waals surface area contributed by atoms with Gasteiger partial charge in [0.1, 0.15) is 11.6 Å². The molecule has 1 aromatic carbocycles. The van der Waals surface area contributed by atoms with Crippen LogP contribution in [-0.4, -0.2) is 52.1 Å². The number of anilines is 1. The summed E-state index contributed by atoms with van der Waals surface area (Å²) in [6.45, 7) is 6.67. The molecular weight excluding hydrogens is 397 g/mol. The highest BCUT2D eigenvalue weighted by Gasteiger charge is 2.24. The second kappa shape index (κ2) is 9.24. The third-order valence-electron chi connectivity index (χ3n) is 5.37. The number of carbonyl (C=O) groups is 1. The highest BCUT2D eigenvalue weighted by Crippen LogP contribution is 2.29. The average Bonchev–Trinajstić information content (AvgIpc) is 3.12. The maximum atomic E-state index is 13.4. The van der Waals surface area contributed by atoms with Crippen molar-refractivity contribution in [3.8, 4) is 11.5 Å². The number of rotatable bonds is 5. The lowest BCUT2D eigenvalue weighted by molar-refractivity contribution is -0.130. The van der Waals surface area contributed by atoms with Crippen LogP contribution in [0.2, 0.25) is 0 Å². The first-order valence-corrected chi connectivity index (χ1v) is 10.6. The Hall–Kier alpha value is -3.29. The summed E-state index contributed by atoms with van der Waals surface area (Å²) in [4.78, 5) is 25.9. The fraction of sp³-hybridized carbons (Fsp3) is 0.391. The van der Waals surface area contributed by atoms with E-state index in [1.807, 2.05) is 30.9 Å². The van der Waals surface area contributed by atoms with Crippen molar-refractivity contribution >= 4 is 11.7 Å². The first-order valence-electron chi connectivity index (χ1n) is 10.6. The molecule has 8 heteroatoms. The molecule has 0 atom stereocenters. The Bertz CT molecular complexity index is 1050. The Balaban J connectivity index is 1.47. The normalized spacial score (nSPS) is 14.7. The van der Waals surface area contributed by atoms with E-state index < -0.39 is 0 Å². The Morgan fingerprint density at radius 1 is 1.16 bits per heavy atom. The Labute approximate surface area is 180 Å². The Kier molecular flexibility index (Phi) is 6.25. The van der Waals surface area contributed by atoms with E-state index >= 15 is 0 Å². The van der Waals surface area contributed by atoms with Crippen molar-refractivity contribution in [2.45, 2.75) is 32.6 Å². The fourth-order valence-electron chi connectivity index (χ4n) is 3.71. The Morgan fingerprint density at radius 3 is 2.81 bits per heavy atom. The van der Waals surface area contributed by atoms with E-state index in [0.29, 0.717) is 36.9 Å². The maximum Gasteiger partial charge on any atom is 0.261 e. The van der Waals surface area contributed by atoms with Crippen molar-refractivity contribution < 1.29 is 13.7 Å². The summed E-state index contributed by atoms with van der Waals surface area (Å²) < 4.78 is 18.9. The Morgan fingerprint density at radius 2 is 2.03 bits per heavy atom. The minimum atomic E-state index is -0.323. The first-order chi connectivity index (χ1) is 15.0. The van der Waals surface area contributed by atoms with Crippen LogP contribution in [0.1, 0.15) is 37.6 Å². The first kappa shape index (κ1) is 21.0. The van der Waals surface area contributed by atoms with E-state index in [1.165, 1.54) is 12.1 Å². The van der Waals surface area contributed by atoms with E-state index in [9.17, 15) is 9.18 Å². The lowest BCUT2D eigenvalue weighted by atomic mass is 10.1. The molecular formula is C23H26FN5O2. The summed E-state index contributed by atoms with van der Waals surface area (Å²) >= 11 is 0. The van der Waals surface area contributed by atoms with Gasteiger partial charge >= 0.3 is 0 Å². The molecule has 0 unspecified atom stereocenters. The lowest BCUT2D eigenvalue weighted by Gasteiger charge is -2.24. The smallest absolute Gasteiger partial charge is 0.261 e. The van der Waals surface area contributed by atoms with Gasteiger partial charge in [-0.25, -0.2) is 9.37 Å². The quantitative estimate of drug-likeness (QED) is 0.623. The third-order valence-corrected chi connectivity index (χ3v) is 5.37. The number of hydrogen-bond donors (Lipinski definition) is 0. The van der Waals surface area contributed by atoms with Gasteiger partial charge in [-0.2, -0.15) is 4.98 Å². The molecule has 3 aromatic rings. The molecule has 0 radical (unpaired) electrons. The second-order valence-electron chi connectivity index (χ2n) is 8.02. The van der Waals surface area contributed by atoms with E-state index in [4.69, 9.17) is 4.52 Å². The molecule has 31 heavy (non-hydrogen) atoms. The standard InChI is InChI=1S/C23H26FN5O2/c1-16(2)21-26-23(31-27-21)19-8-4-9-25-22(19)29-11-5-10-28(12-13-29)20(30)15-17-6-3-7-18(24)14-17/h3-4,6-9,14,16H,5,10-13,15H2,1-2H3. The molecule has 162 valence electrons. The number of aromatic nitrogens is 3. The van der Waals surface area contributed by atoms with Crippen LogP contribution in [0.5, 0.6) is 0 Å². The van der Waals surface area contributed by atoms with Crippen molar-refractivity contribution in [1.29, 1.82) is 0 Å². The van der Waals surface area contributed by atoms with Gasteiger partial charge in [-0.15, -0.1) is 0 Å². The van der Waals surface area contributed by atoms with Crippen molar-refractivity contribution in [2.75, 3.05) is 31.1 Å². The SMILES string of the molecule is CC(C)c1noc(-c2cccnc2N2CCCN(C(=O)Cc3cccc(F)c3)CC2)n1. The zero-order chi connectivity index (χ0) is 21.8. The van der Waals surface area contributed by atoms with Gasteiger partial charge < -0.3 is 14.3 Å². The second-order valence-corrected chi connectivity index (χ2v) is 8.02. The van der Waals surface area contributed by atoms with Crippen molar-refractivity contribution in [3.63, 3.8) is 0 Å². The van der Waals surface area contributed by atoms with Crippen LogP contribution in [0.4, 0.5) is 10.2 Å². The van der Waals surface area contributed by atoms with Crippen LogP contribution in [0.15, 0.2) is 47.1 Å².